The normalized spacial score (nSPS) is 15.2. The molecule has 1 saturated heterocycles. The van der Waals surface area contributed by atoms with Crippen LogP contribution in [0.3, 0.4) is 0 Å². The van der Waals surface area contributed by atoms with E-state index in [4.69, 9.17) is 16.3 Å². The summed E-state index contributed by atoms with van der Waals surface area (Å²) in [6, 6.07) is 27.0. The lowest BCUT2D eigenvalue weighted by molar-refractivity contribution is -0.387. The average Bonchev–Trinajstić information content (AvgIpc) is 3.13. The highest BCUT2D eigenvalue weighted by atomic mass is 35.5. The molecule has 1 aliphatic rings. The monoisotopic (exact) mass is 717 g/mol. The van der Waals surface area contributed by atoms with Gasteiger partial charge in [-0.2, -0.15) is 4.31 Å². The molecule has 0 spiro atoms. The van der Waals surface area contributed by atoms with E-state index in [0.29, 0.717) is 34.8 Å². The van der Waals surface area contributed by atoms with Crippen molar-refractivity contribution in [3.63, 3.8) is 0 Å². The predicted molar refractivity (Wildman–Crippen MR) is 191 cm³/mol. The van der Waals surface area contributed by atoms with Gasteiger partial charge in [0.1, 0.15) is 6.04 Å². The molecule has 12 heteroatoms. The number of aryl methyl sites for hydroxylation is 1. The molecule has 262 valence electrons. The number of ether oxygens (including phenoxy) is 1. The first-order valence-electron chi connectivity index (χ1n) is 16.6. The summed E-state index contributed by atoms with van der Waals surface area (Å²) in [5.41, 5.74) is 0.414. The van der Waals surface area contributed by atoms with Crippen LogP contribution in [0.1, 0.15) is 61.3 Å². The van der Waals surface area contributed by atoms with Crippen molar-refractivity contribution in [2.45, 2.75) is 62.5 Å². The van der Waals surface area contributed by atoms with Gasteiger partial charge < -0.3 is 9.64 Å². The molecule has 50 heavy (non-hydrogen) atoms. The van der Waals surface area contributed by atoms with Crippen LogP contribution in [0.5, 0.6) is 0 Å². The number of amides is 1. The fourth-order valence-corrected chi connectivity index (χ4v) is 8.58. The molecule has 0 saturated carbocycles. The van der Waals surface area contributed by atoms with Crippen LogP contribution in [0.25, 0.3) is 0 Å². The summed E-state index contributed by atoms with van der Waals surface area (Å²) in [7, 11) is -4.66. The van der Waals surface area contributed by atoms with Crippen molar-refractivity contribution in [3.05, 3.63) is 141 Å². The molecule has 0 N–H and O–H groups in total. The number of nitro groups is 1. The van der Waals surface area contributed by atoms with E-state index in [1.165, 1.54) is 12.1 Å². The highest BCUT2D eigenvalue weighted by molar-refractivity contribution is 7.89. The van der Waals surface area contributed by atoms with Crippen molar-refractivity contribution < 1.29 is 27.7 Å². The third-order valence-corrected chi connectivity index (χ3v) is 11.2. The summed E-state index contributed by atoms with van der Waals surface area (Å²) in [5, 5.41) is 12.3. The molecule has 2 atom stereocenters. The van der Waals surface area contributed by atoms with Crippen molar-refractivity contribution in [2.75, 3.05) is 19.6 Å². The van der Waals surface area contributed by atoms with E-state index in [1.807, 2.05) is 61.5 Å². The number of hydrogen-bond acceptors (Lipinski definition) is 7. The first-order chi connectivity index (χ1) is 24.0. The zero-order chi connectivity index (χ0) is 35.9. The van der Waals surface area contributed by atoms with Gasteiger partial charge in [0.15, 0.2) is 10.5 Å². The van der Waals surface area contributed by atoms with Gasteiger partial charge in [0.2, 0.25) is 5.91 Å². The topological polar surface area (TPSA) is 127 Å². The maximum atomic E-state index is 14.5. The predicted octanol–water partition coefficient (Wildman–Crippen LogP) is 7.26. The molecular weight excluding hydrogens is 678 g/mol. The fourth-order valence-electron chi connectivity index (χ4n) is 6.48. The number of rotatable bonds is 13. The number of carbonyl (C=O) groups excluding carboxylic acids is 2. The van der Waals surface area contributed by atoms with Gasteiger partial charge in [-0.3, -0.25) is 19.7 Å². The lowest BCUT2D eigenvalue weighted by Crippen LogP contribution is -2.53. The van der Waals surface area contributed by atoms with Crippen LogP contribution in [0.4, 0.5) is 5.69 Å². The standard InChI is InChI=1S/C38H40ClN3O7S/c1-3-24-41(50(47,48)35-19-11-10-18-33(35)42(45)46)34(37(44)40-25-12-5-13-26-40)27-36(43)49-38(29-14-6-4-7-15-29,30-22-20-28(2)21-23-30)31-16-8-9-17-32(31)39/h4,6-11,14-23,34H,3,5,12-13,24-27H2,1-2H3/t34-,38?/m0/s1. The van der Waals surface area contributed by atoms with E-state index in [2.05, 4.69) is 0 Å². The van der Waals surface area contributed by atoms with Gasteiger partial charge in [0.25, 0.3) is 15.7 Å². The fraction of sp³-hybridized carbons (Fsp3) is 0.316. The Hall–Kier alpha value is -4.58. The highest BCUT2D eigenvalue weighted by Crippen LogP contribution is 2.44. The molecule has 1 amide bonds. The Bertz CT molecular complexity index is 1930. The number of nitro benzene ring substituents is 1. The van der Waals surface area contributed by atoms with Crippen molar-refractivity contribution in [1.82, 2.24) is 9.21 Å². The second-order valence-corrected chi connectivity index (χ2v) is 14.6. The second-order valence-electron chi connectivity index (χ2n) is 12.3. The zero-order valence-corrected chi connectivity index (χ0v) is 29.6. The minimum Gasteiger partial charge on any atom is -0.444 e. The molecule has 0 radical (unpaired) electrons. The van der Waals surface area contributed by atoms with Crippen molar-refractivity contribution in [1.29, 1.82) is 0 Å². The van der Waals surface area contributed by atoms with Crippen LogP contribution in [0, 0.1) is 17.0 Å². The van der Waals surface area contributed by atoms with E-state index in [0.717, 1.165) is 41.3 Å². The van der Waals surface area contributed by atoms with Crippen molar-refractivity contribution >= 4 is 39.2 Å². The summed E-state index contributed by atoms with van der Waals surface area (Å²) in [6.07, 6.45) is 1.99. The Morgan fingerprint density at radius 2 is 1.50 bits per heavy atom. The summed E-state index contributed by atoms with van der Waals surface area (Å²) in [6.45, 7) is 4.29. The SMILES string of the molecule is CCCN([C@@H](CC(=O)OC(c1ccccc1)(c1ccc(C)cc1)c1ccccc1Cl)C(=O)N1CCCCC1)S(=O)(=O)c1ccccc1[N+](=O)[O-]. The largest absolute Gasteiger partial charge is 0.444 e. The van der Waals surface area contributed by atoms with Crippen LogP contribution >= 0.6 is 11.6 Å². The number of benzene rings is 4. The second kappa shape index (κ2) is 16.0. The molecule has 0 aromatic heterocycles. The van der Waals surface area contributed by atoms with Crippen LogP contribution in [-0.2, 0) is 30.0 Å². The van der Waals surface area contributed by atoms with Gasteiger partial charge in [-0.1, -0.05) is 109 Å². The first kappa shape index (κ1) is 36.7. The Labute approximate surface area is 297 Å². The van der Waals surface area contributed by atoms with E-state index < -0.39 is 55.5 Å². The van der Waals surface area contributed by atoms with Gasteiger partial charge in [0.05, 0.1) is 11.3 Å². The third-order valence-electron chi connectivity index (χ3n) is 8.91. The molecule has 1 heterocycles. The van der Waals surface area contributed by atoms with E-state index >= 15 is 0 Å². The molecule has 0 bridgehead atoms. The number of halogens is 1. The molecule has 4 aromatic rings. The Morgan fingerprint density at radius 1 is 0.900 bits per heavy atom. The molecule has 1 fully saturated rings. The van der Waals surface area contributed by atoms with Crippen molar-refractivity contribution in [3.8, 4) is 0 Å². The van der Waals surface area contributed by atoms with Crippen LogP contribution < -0.4 is 0 Å². The van der Waals surface area contributed by atoms with Crippen LogP contribution in [0.15, 0.2) is 108 Å². The average molecular weight is 718 g/mol. The quantitative estimate of drug-likeness (QED) is 0.0616. The lowest BCUT2D eigenvalue weighted by atomic mass is 9.79. The van der Waals surface area contributed by atoms with E-state index in [9.17, 15) is 28.1 Å². The molecular formula is C38H40ClN3O7S. The Kier molecular flexibility index (Phi) is 11.7. The zero-order valence-electron chi connectivity index (χ0n) is 28.0. The number of para-hydroxylation sites is 1. The maximum absolute atomic E-state index is 14.5. The molecule has 1 aliphatic heterocycles. The summed E-state index contributed by atoms with van der Waals surface area (Å²) >= 11 is 6.85. The lowest BCUT2D eigenvalue weighted by Gasteiger charge is -2.38. The van der Waals surface area contributed by atoms with Gasteiger partial charge >= 0.3 is 5.97 Å². The Morgan fingerprint density at radius 3 is 2.14 bits per heavy atom. The number of esters is 1. The van der Waals surface area contributed by atoms with Crippen LogP contribution in [-0.4, -0.2) is 60.1 Å². The number of nitrogens with zero attached hydrogens (tertiary/aromatic N) is 3. The van der Waals surface area contributed by atoms with E-state index in [1.54, 1.807) is 36.1 Å². The number of hydrogen-bond donors (Lipinski definition) is 0. The smallest absolute Gasteiger partial charge is 0.309 e. The Balaban J connectivity index is 1.66. The number of likely N-dealkylation sites (tertiary alicyclic amines) is 1. The third kappa shape index (κ3) is 7.60. The summed E-state index contributed by atoms with van der Waals surface area (Å²) in [5.74, 6) is -1.42. The van der Waals surface area contributed by atoms with Crippen molar-refractivity contribution in [2.24, 2.45) is 0 Å². The first-order valence-corrected chi connectivity index (χ1v) is 18.5. The van der Waals surface area contributed by atoms with Gasteiger partial charge in [-0.15, -0.1) is 0 Å². The number of sulfonamides is 1. The van der Waals surface area contributed by atoms with Crippen LogP contribution in [0.2, 0.25) is 5.02 Å². The molecule has 0 aliphatic carbocycles. The minimum atomic E-state index is -4.66. The summed E-state index contributed by atoms with van der Waals surface area (Å²) in [4.78, 5) is 41.1. The highest BCUT2D eigenvalue weighted by Gasteiger charge is 2.46. The molecule has 1 unspecified atom stereocenters. The number of carbonyl (C=O) groups is 2. The van der Waals surface area contributed by atoms with Gasteiger partial charge in [-0.05, 0) is 44.7 Å². The molecule has 5 rings (SSSR count). The maximum Gasteiger partial charge on any atom is 0.309 e. The number of piperidine rings is 1. The van der Waals surface area contributed by atoms with Gasteiger partial charge in [0, 0.05) is 47.4 Å². The van der Waals surface area contributed by atoms with Gasteiger partial charge in [-0.25, -0.2) is 8.42 Å². The minimum absolute atomic E-state index is 0.168. The van der Waals surface area contributed by atoms with E-state index in [-0.39, 0.29) is 13.0 Å². The molecule has 4 aromatic carbocycles. The molecule has 10 nitrogen and oxygen atoms in total. The summed E-state index contributed by atoms with van der Waals surface area (Å²) < 4.78 is 36.2.